The maximum absolute atomic E-state index is 13.9. The number of nitrogens with zero attached hydrogens (tertiary/aromatic N) is 1. The molecule has 0 spiro atoms. The molecule has 0 saturated heterocycles. The van der Waals surface area contributed by atoms with Crippen LogP contribution in [0.1, 0.15) is 48.8 Å². The van der Waals surface area contributed by atoms with Crippen molar-refractivity contribution < 1.29 is 9.59 Å². The summed E-state index contributed by atoms with van der Waals surface area (Å²) in [5.41, 5.74) is 2.80. The van der Waals surface area contributed by atoms with Gasteiger partial charge in [-0.1, -0.05) is 96.6 Å². The zero-order valence-corrected chi connectivity index (χ0v) is 24.0. The van der Waals surface area contributed by atoms with Gasteiger partial charge in [0.05, 0.1) is 5.75 Å². The van der Waals surface area contributed by atoms with Crippen LogP contribution in [0.3, 0.4) is 0 Å². The molecule has 0 bridgehead atoms. The average Bonchev–Trinajstić information content (AvgIpc) is 2.92. The number of carbonyl (C=O) groups is 2. The Morgan fingerprint density at radius 3 is 2.24 bits per heavy atom. The van der Waals surface area contributed by atoms with Crippen LogP contribution >= 0.6 is 35.0 Å². The van der Waals surface area contributed by atoms with E-state index in [1.807, 2.05) is 61.5 Å². The summed E-state index contributed by atoms with van der Waals surface area (Å²) in [6.45, 7) is 2.19. The van der Waals surface area contributed by atoms with Gasteiger partial charge in [-0.3, -0.25) is 9.59 Å². The largest absolute Gasteiger partial charge is 0.352 e. The van der Waals surface area contributed by atoms with E-state index in [2.05, 4.69) is 5.32 Å². The van der Waals surface area contributed by atoms with Crippen molar-refractivity contribution in [2.75, 3.05) is 5.75 Å². The Balaban J connectivity index is 1.64. The number of halogens is 2. The summed E-state index contributed by atoms with van der Waals surface area (Å²) in [7, 11) is 0. The van der Waals surface area contributed by atoms with Gasteiger partial charge in [0, 0.05) is 39.5 Å². The number of thioether (sulfide) groups is 1. The Kier molecular flexibility index (Phi) is 10.6. The van der Waals surface area contributed by atoms with Gasteiger partial charge in [0.25, 0.3) is 0 Å². The molecular formula is C31H34Cl2N2O2S. The summed E-state index contributed by atoms with van der Waals surface area (Å²) < 4.78 is 0. The molecule has 0 heterocycles. The van der Waals surface area contributed by atoms with Crippen LogP contribution in [0, 0.1) is 6.92 Å². The molecule has 2 amide bonds. The summed E-state index contributed by atoms with van der Waals surface area (Å²) in [6, 6.07) is 22.7. The SMILES string of the molecule is Cc1ccc(SCC(=O)N(Cc2c(Cl)cccc2Cl)C(Cc2ccccc2)C(=O)NC2CCCCC2)cc1. The normalized spacial score (nSPS) is 14.6. The van der Waals surface area contributed by atoms with E-state index in [0.717, 1.165) is 41.7 Å². The highest BCUT2D eigenvalue weighted by atomic mass is 35.5. The fourth-order valence-electron chi connectivity index (χ4n) is 4.81. The first kappa shape index (κ1) is 28.5. The topological polar surface area (TPSA) is 49.4 Å². The lowest BCUT2D eigenvalue weighted by Gasteiger charge is -2.34. The Morgan fingerprint density at radius 2 is 1.58 bits per heavy atom. The number of rotatable bonds is 10. The first-order chi connectivity index (χ1) is 18.4. The summed E-state index contributed by atoms with van der Waals surface area (Å²) in [6.07, 6.45) is 5.77. The van der Waals surface area contributed by atoms with Crippen molar-refractivity contribution in [3.8, 4) is 0 Å². The Hall–Kier alpha value is -2.47. The van der Waals surface area contributed by atoms with E-state index < -0.39 is 6.04 Å². The molecule has 3 aromatic carbocycles. The van der Waals surface area contributed by atoms with E-state index in [1.54, 1.807) is 23.1 Å². The highest BCUT2D eigenvalue weighted by Crippen LogP contribution is 2.28. The van der Waals surface area contributed by atoms with E-state index in [0.29, 0.717) is 22.0 Å². The molecule has 1 saturated carbocycles. The molecule has 200 valence electrons. The van der Waals surface area contributed by atoms with Gasteiger partial charge in [-0.15, -0.1) is 11.8 Å². The van der Waals surface area contributed by atoms with Crippen LogP contribution in [0.4, 0.5) is 0 Å². The van der Waals surface area contributed by atoms with Crippen LogP contribution in [-0.2, 0) is 22.6 Å². The van der Waals surface area contributed by atoms with Gasteiger partial charge < -0.3 is 10.2 Å². The smallest absolute Gasteiger partial charge is 0.243 e. The highest BCUT2D eigenvalue weighted by Gasteiger charge is 2.32. The number of amides is 2. The molecule has 1 N–H and O–H groups in total. The number of benzene rings is 3. The second-order valence-corrected chi connectivity index (χ2v) is 11.7. The zero-order valence-electron chi connectivity index (χ0n) is 21.7. The van der Waals surface area contributed by atoms with Gasteiger partial charge in [0.15, 0.2) is 0 Å². The highest BCUT2D eigenvalue weighted by molar-refractivity contribution is 8.00. The quantitative estimate of drug-likeness (QED) is 0.258. The molecule has 1 aliphatic rings. The first-order valence-corrected chi connectivity index (χ1v) is 14.9. The predicted molar refractivity (Wildman–Crippen MR) is 158 cm³/mol. The Labute approximate surface area is 240 Å². The standard InChI is InChI=1S/C31H34Cl2N2O2S/c1-22-15-17-25(18-16-22)38-21-30(36)35(20-26-27(32)13-8-14-28(26)33)29(19-23-9-4-2-5-10-23)31(37)34-24-11-6-3-7-12-24/h2,4-5,8-10,13-18,24,29H,3,6-7,11-12,19-21H2,1H3,(H,34,37). The third-order valence-electron chi connectivity index (χ3n) is 7.00. The van der Waals surface area contributed by atoms with Crippen LogP contribution in [0.15, 0.2) is 77.7 Å². The van der Waals surface area contributed by atoms with Gasteiger partial charge >= 0.3 is 0 Å². The van der Waals surface area contributed by atoms with Crippen LogP contribution < -0.4 is 5.32 Å². The second kappa shape index (κ2) is 14.1. The summed E-state index contributed by atoms with van der Waals surface area (Å²) in [5.74, 6) is -0.0588. The lowest BCUT2D eigenvalue weighted by Crippen LogP contribution is -2.53. The maximum Gasteiger partial charge on any atom is 0.243 e. The molecule has 4 rings (SSSR count). The van der Waals surface area contributed by atoms with Crippen molar-refractivity contribution in [2.45, 2.75) is 69.0 Å². The molecule has 0 radical (unpaired) electrons. The Morgan fingerprint density at radius 1 is 0.921 bits per heavy atom. The van der Waals surface area contributed by atoms with Crippen molar-refractivity contribution in [1.82, 2.24) is 10.2 Å². The molecule has 1 fully saturated rings. The van der Waals surface area contributed by atoms with Gasteiger partial charge in [0.2, 0.25) is 11.8 Å². The molecule has 1 atom stereocenters. The van der Waals surface area contributed by atoms with E-state index >= 15 is 0 Å². The Bertz CT molecular complexity index is 1190. The zero-order chi connectivity index (χ0) is 26.9. The number of hydrogen-bond donors (Lipinski definition) is 1. The van der Waals surface area contributed by atoms with E-state index in [-0.39, 0.29) is 30.2 Å². The van der Waals surface area contributed by atoms with E-state index in [1.165, 1.54) is 18.2 Å². The number of aryl methyl sites for hydroxylation is 1. The number of carbonyl (C=O) groups excluding carboxylic acids is 2. The van der Waals surface area contributed by atoms with Crippen molar-refractivity contribution in [3.63, 3.8) is 0 Å². The van der Waals surface area contributed by atoms with Gasteiger partial charge in [-0.05, 0) is 49.6 Å². The fourth-order valence-corrected chi connectivity index (χ4v) is 6.12. The lowest BCUT2D eigenvalue weighted by atomic mass is 9.94. The molecule has 1 aliphatic carbocycles. The van der Waals surface area contributed by atoms with Crippen molar-refractivity contribution >= 4 is 46.8 Å². The second-order valence-electron chi connectivity index (χ2n) is 9.87. The molecule has 4 nitrogen and oxygen atoms in total. The van der Waals surface area contributed by atoms with Crippen LogP contribution in [0.25, 0.3) is 0 Å². The van der Waals surface area contributed by atoms with E-state index in [9.17, 15) is 9.59 Å². The van der Waals surface area contributed by atoms with Gasteiger partial charge in [-0.2, -0.15) is 0 Å². The molecule has 38 heavy (non-hydrogen) atoms. The third kappa shape index (κ3) is 8.02. The third-order valence-corrected chi connectivity index (χ3v) is 8.70. The van der Waals surface area contributed by atoms with Crippen molar-refractivity contribution in [2.24, 2.45) is 0 Å². The number of nitrogens with one attached hydrogen (secondary N) is 1. The average molecular weight is 570 g/mol. The first-order valence-electron chi connectivity index (χ1n) is 13.2. The van der Waals surface area contributed by atoms with Crippen molar-refractivity contribution in [1.29, 1.82) is 0 Å². The lowest BCUT2D eigenvalue weighted by molar-refractivity contribution is -0.139. The molecule has 0 aliphatic heterocycles. The van der Waals surface area contributed by atoms with Gasteiger partial charge in [-0.25, -0.2) is 0 Å². The predicted octanol–water partition coefficient (Wildman–Crippen LogP) is 7.48. The monoisotopic (exact) mass is 568 g/mol. The van der Waals surface area contributed by atoms with Gasteiger partial charge in [0.1, 0.15) is 6.04 Å². The molecule has 7 heteroatoms. The van der Waals surface area contributed by atoms with Crippen molar-refractivity contribution in [3.05, 3.63) is 99.5 Å². The minimum Gasteiger partial charge on any atom is -0.352 e. The fraction of sp³-hybridized carbons (Fsp3) is 0.355. The van der Waals surface area contributed by atoms with Crippen LogP contribution in [0.2, 0.25) is 10.0 Å². The number of hydrogen-bond acceptors (Lipinski definition) is 3. The van der Waals surface area contributed by atoms with Crippen LogP contribution in [-0.4, -0.2) is 34.6 Å². The maximum atomic E-state index is 13.9. The molecular weight excluding hydrogens is 535 g/mol. The van der Waals surface area contributed by atoms with Crippen LogP contribution in [0.5, 0.6) is 0 Å². The summed E-state index contributed by atoms with van der Waals surface area (Å²) >= 11 is 14.5. The minimum absolute atomic E-state index is 0.127. The molecule has 3 aromatic rings. The molecule has 0 aromatic heterocycles. The summed E-state index contributed by atoms with van der Waals surface area (Å²) in [5, 5.41) is 4.22. The molecule has 1 unspecified atom stereocenters. The van der Waals surface area contributed by atoms with E-state index in [4.69, 9.17) is 23.2 Å². The summed E-state index contributed by atoms with van der Waals surface area (Å²) in [4.78, 5) is 30.4. The minimum atomic E-state index is -0.696.